The lowest BCUT2D eigenvalue weighted by molar-refractivity contribution is -0.163. The molecule has 0 aromatic heterocycles. The second-order valence-corrected chi connectivity index (χ2v) is 7.20. The topological polar surface area (TPSA) is 27.7 Å². The first-order valence-corrected chi connectivity index (χ1v) is 10.1. The molecule has 0 fully saturated rings. The van der Waals surface area contributed by atoms with Crippen LogP contribution in [0.2, 0.25) is 5.02 Å². The monoisotopic (exact) mass is 450 g/mol. The number of ether oxygens (including phenoxy) is 3. The molecule has 3 aromatic carbocycles. The number of hydrogen-bond acceptors (Lipinski definition) is 3. The molecule has 1 unspecified atom stereocenters. The number of alkyl halides is 3. The van der Waals surface area contributed by atoms with Crippen molar-refractivity contribution in [1.29, 1.82) is 0 Å². The van der Waals surface area contributed by atoms with Gasteiger partial charge in [0.2, 0.25) is 0 Å². The van der Waals surface area contributed by atoms with Gasteiger partial charge in [0.05, 0.1) is 24.8 Å². The minimum atomic E-state index is -4.48. The molecule has 0 heterocycles. The molecule has 0 radical (unpaired) electrons. The van der Waals surface area contributed by atoms with Gasteiger partial charge in [0.25, 0.3) is 0 Å². The van der Waals surface area contributed by atoms with Crippen LogP contribution < -0.4 is 9.47 Å². The van der Waals surface area contributed by atoms with Gasteiger partial charge in [-0.25, -0.2) is 0 Å². The van der Waals surface area contributed by atoms with Crippen LogP contribution in [0.1, 0.15) is 24.0 Å². The van der Waals surface area contributed by atoms with Gasteiger partial charge in [-0.1, -0.05) is 48.0 Å². The molecule has 0 saturated heterocycles. The van der Waals surface area contributed by atoms with Crippen molar-refractivity contribution in [2.75, 3.05) is 13.2 Å². The molecule has 0 N–H and O–H groups in total. The maximum absolute atomic E-state index is 13.6. The lowest BCUT2D eigenvalue weighted by Gasteiger charge is -2.21. The predicted molar refractivity (Wildman–Crippen MR) is 114 cm³/mol. The Morgan fingerprint density at radius 1 is 0.903 bits per heavy atom. The van der Waals surface area contributed by atoms with E-state index in [1.54, 1.807) is 31.2 Å². The van der Waals surface area contributed by atoms with Gasteiger partial charge in [-0.3, -0.25) is 0 Å². The Morgan fingerprint density at radius 3 is 2.32 bits per heavy atom. The van der Waals surface area contributed by atoms with Crippen LogP contribution in [0.3, 0.4) is 0 Å². The molecular weight excluding hydrogens is 429 g/mol. The lowest BCUT2D eigenvalue weighted by Crippen LogP contribution is -2.25. The smallest absolute Gasteiger partial charge is 0.397 e. The Hall–Kier alpha value is -2.70. The summed E-state index contributed by atoms with van der Waals surface area (Å²) in [5, 5.41) is 0.138. The van der Waals surface area contributed by atoms with E-state index in [1.165, 1.54) is 18.2 Å². The maximum atomic E-state index is 13.6. The Kier molecular flexibility index (Phi) is 7.82. The highest BCUT2D eigenvalue weighted by molar-refractivity contribution is 6.32. The summed E-state index contributed by atoms with van der Waals surface area (Å²) in [6.07, 6.45) is -4.48. The third kappa shape index (κ3) is 6.64. The molecule has 1 atom stereocenters. The summed E-state index contributed by atoms with van der Waals surface area (Å²) < 4.78 is 57.4. The molecule has 0 amide bonds. The van der Waals surface area contributed by atoms with Crippen LogP contribution in [0.25, 0.3) is 0 Å². The first kappa shape index (κ1) is 23.0. The zero-order valence-electron chi connectivity index (χ0n) is 16.9. The van der Waals surface area contributed by atoms with Crippen LogP contribution in [-0.2, 0) is 11.3 Å². The minimum Gasteiger partial charge on any atom is -0.492 e. The summed E-state index contributed by atoms with van der Waals surface area (Å²) >= 11 is 6.07. The Labute approximate surface area is 184 Å². The van der Waals surface area contributed by atoms with Crippen LogP contribution in [-0.4, -0.2) is 19.4 Å². The van der Waals surface area contributed by atoms with Crippen LogP contribution >= 0.6 is 11.6 Å². The molecule has 3 nitrogen and oxygen atoms in total. The van der Waals surface area contributed by atoms with Gasteiger partial charge in [0.15, 0.2) is 0 Å². The fraction of sp³-hybridized carbons (Fsp3) is 0.250. The van der Waals surface area contributed by atoms with Crippen LogP contribution in [0, 0.1) is 0 Å². The quantitative estimate of drug-likeness (QED) is 0.340. The van der Waals surface area contributed by atoms with Crippen molar-refractivity contribution >= 4 is 11.6 Å². The van der Waals surface area contributed by atoms with E-state index in [0.717, 1.165) is 0 Å². The Balaban J connectivity index is 1.65. The number of hydrogen-bond donors (Lipinski definition) is 0. The van der Waals surface area contributed by atoms with Crippen molar-refractivity contribution in [1.82, 2.24) is 0 Å². The summed E-state index contributed by atoms with van der Waals surface area (Å²) in [6.45, 7) is 1.63. The summed E-state index contributed by atoms with van der Waals surface area (Å²) in [6, 6.07) is 20.4. The zero-order valence-corrected chi connectivity index (χ0v) is 17.6. The second kappa shape index (κ2) is 10.6. The molecule has 7 heteroatoms. The molecule has 31 heavy (non-hydrogen) atoms. The Bertz CT molecular complexity index is 977. The third-order valence-corrected chi connectivity index (χ3v) is 4.78. The molecule has 0 spiro atoms. The second-order valence-electron chi connectivity index (χ2n) is 6.79. The third-order valence-electron chi connectivity index (χ3n) is 4.48. The largest absolute Gasteiger partial charge is 0.492 e. The van der Waals surface area contributed by atoms with Gasteiger partial charge in [-0.2, -0.15) is 13.2 Å². The fourth-order valence-corrected chi connectivity index (χ4v) is 3.25. The summed E-state index contributed by atoms with van der Waals surface area (Å²) in [5.41, 5.74) is 0.737. The fourth-order valence-electron chi connectivity index (χ4n) is 3.00. The molecule has 0 aliphatic rings. The van der Waals surface area contributed by atoms with Crippen molar-refractivity contribution in [3.8, 4) is 17.2 Å². The van der Waals surface area contributed by atoms with E-state index in [4.69, 9.17) is 25.8 Å². The number of para-hydroxylation sites is 1. The molecule has 3 rings (SSSR count). The van der Waals surface area contributed by atoms with Crippen molar-refractivity contribution < 1.29 is 27.4 Å². The van der Waals surface area contributed by atoms with E-state index < -0.39 is 18.7 Å². The lowest BCUT2D eigenvalue weighted by atomic mass is 9.99. The predicted octanol–water partition coefficient (Wildman–Crippen LogP) is 7.39. The molecular formula is C24H22ClF3O3. The number of benzene rings is 3. The van der Waals surface area contributed by atoms with Crippen molar-refractivity contribution in [3.63, 3.8) is 0 Å². The zero-order chi connectivity index (χ0) is 22.3. The highest BCUT2D eigenvalue weighted by Gasteiger charge is 2.41. The van der Waals surface area contributed by atoms with E-state index in [-0.39, 0.29) is 17.2 Å². The number of rotatable bonds is 9. The number of halogens is 4. The first-order chi connectivity index (χ1) is 14.9. The van der Waals surface area contributed by atoms with Gasteiger partial charge in [-0.05, 0) is 54.4 Å². The van der Waals surface area contributed by atoms with Gasteiger partial charge in [-0.15, -0.1) is 0 Å². The molecule has 3 aromatic rings. The molecule has 0 saturated carbocycles. The van der Waals surface area contributed by atoms with E-state index in [9.17, 15) is 13.2 Å². The van der Waals surface area contributed by atoms with Gasteiger partial charge < -0.3 is 14.2 Å². The van der Waals surface area contributed by atoms with Gasteiger partial charge >= 0.3 is 6.18 Å². The average molecular weight is 451 g/mol. The standard InChI is InChI=1S/C24H22ClF3O3/c1-2-30-23-12-11-18(14-22(23)25)21(24(26,27)28)16-29-15-17-7-6-10-20(13-17)31-19-8-4-3-5-9-19/h3-14,21H,2,15-16H2,1H3. The van der Waals surface area contributed by atoms with E-state index in [0.29, 0.717) is 29.4 Å². The van der Waals surface area contributed by atoms with E-state index >= 15 is 0 Å². The Morgan fingerprint density at radius 2 is 1.65 bits per heavy atom. The van der Waals surface area contributed by atoms with E-state index in [1.807, 2.05) is 30.3 Å². The normalized spacial score (nSPS) is 12.4. The highest BCUT2D eigenvalue weighted by atomic mass is 35.5. The van der Waals surface area contributed by atoms with Crippen molar-refractivity contribution in [3.05, 3.63) is 88.9 Å². The SMILES string of the molecule is CCOc1ccc(C(COCc2cccc(Oc3ccccc3)c2)C(F)(F)F)cc1Cl. The molecule has 0 aliphatic heterocycles. The van der Waals surface area contributed by atoms with Crippen molar-refractivity contribution in [2.24, 2.45) is 0 Å². The van der Waals surface area contributed by atoms with Gasteiger partial charge in [0.1, 0.15) is 23.2 Å². The van der Waals surface area contributed by atoms with Crippen LogP contribution in [0.15, 0.2) is 72.8 Å². The summed E-state index contributed by atoms with van der Waals surface area (Å²) in [5.74, 6) is -0.197. The highest BCUT2D eigenvalue weighted by Crippen LogP contribution is 2.38. The molecule has 0 bridgehead atoms. The maximum Gasteiger partial charge on any atom is 0.397 e. The molecule has 0 aliphatic carbocycles. The average Bonchev–Trinajstić information content (AvgIpc) is 2.73. The van der Waals surface area contributed by atoms with E-state index in [2.05, 4.69) is 0 Å². The first-order valence-electron chi connectivity index (χ1n) is 9.75. The van der Waals surface area contributed by atoms with Crippen molar-refractivity contribution in [2.45, 2.75) is 25.6 Å². The van der Waals surface area contributed by atoms with Crippen LogP contribution in [0.5, 0.6) is 17.2 Å². The summed E-state index contributed by atoms with van der Waals surface area (Å²) in [7, 11) is 0. The van der Waals surface area contributed by atoms with Crippen LogP contribution in [0.4, 0.5) is 13.2 Å². The summed E-state index contributed by atoms with van der Waals surface area (Å²) in [4.78, 5) is 0. The minimum absolute atomic E-state index is 0.0172. The molecule has 164 valence electrons. The van der Waals surface area contributed by atoms with Gasteiger partial charge in [0, 0.05) is 0 Å².